The smallest absolute Gasteiger partial charge is 0.291 e. The number of hydrogen-bond donors (Lipinski definition) is 0. The van der Waals surface area contributed by atoms with Crippen molar-refractivity contribution >= 4 is 16.9 Å². The summed E-state index contributed by atoms with van der Waals surface area (Å²) in [5, 5.41) is 0.122. The summed E-state index contributed by atoms with van der Waals surface area (Å²) in [5.74, 6) is -0.339. The van der Waals surface area contributed by atoms with E-state index in [1.54, 1.807) is 17.0 Å². The van der Waals surface area contributed by atoms with E-state index in [2.05, 4.69) is 6.92 Å². The Labute approximate surface area is 171 Å². The first-order valence-electron chi connectivity index (χ1n) is 9.75. The molecule has 0 radical (unpaired) electrons. The number of benzene rings is 2. The standard InChI is InChI=1S/C24H18FNO4/c1-2-14-5-7-15(8-6-14)21-20-22(27)18-12-16(25)9-10-19(18)30-23(20)24(28)26(21)13-17-4-3-11-29-17/h3-12,21H,2,13H2,1H3. The molecule has 1 aliphatic heterocycles. The zero-order valence-corrected chi connectivity index (χ0v) is 16.2. The number of furan rings is 1. The van der Waals surface area contributed by atoms with Gasteiger partial charge in [-0.15, -0.1) is 0 Å². The summed E-state index contributed by atoms with van der Waals surface area (Å²) in [4.78, 5) is 28.2. The van der Waals surface area contributed by atoms with Crippen LogP contribution in [0, 0.1) is 5.82 Å². The van der Waals surface area contributed by atoms with Crippen molar-refractivity contribution in [3.8, 4) is 0 Å². The molecule has 1 amide bonds. The van der Waals surface area contributed by atoms with Crippen molar-refractivity contribution < 1.29 is 18.0 Å². The van der Waals surface area contributed by atoms with Gasteiger partial charge in [-0.25, -0.2) is 4.39 Å². The van der Waals surface area contributed by atoms with Gasteiger partial charge in [-0.05, 0) is 47.9 Å². The number of amides is 1. The van der Waals surface area contributed by atoms with Gasteiger partial charge in [-0.3, -0.25) is 9.59 Å². The van der Waals surface area contributed by atoms with E-state index < -0.39 is 23.2 Å². The average molecular weight is 403 g/mol. The number of rotatable bonds is 4. The highest BCUT2D eigenvalue weighted by molar-refractivity contribution is 5.99. The fourth-order valence-electron chi connectivity index (χ4n) is 4.01. The number of nitrogens with zero attached hydrogens (tertiary/aromatic N) is 1. The van der Waals surface area contributed by atoms with E-state index in [0.717, 1.165) is 23.6 Å². The molecule has 5 nitrogen and oxygen atoms in total. The first kappa shape index (κ1) is 18.4. The molecule has 5 rings (SSSR count). The third-order valence-corrected chi connectivity index (χ3v) is 5.54. The average Bonchev–Trinajstić information content (AvgIpc) is 3.37. The summed E-state index contributed by atoms with van der Waals surface area (Å²) in [6, 6.07) is 14.4. The predicted octanol–water partition coefficient (Wildman–Crippen LogP) is 4.83. The van der Waals surface area contributed by atoms with Gasteiger partial charge in [0, 0.05) is 0 Å². The van der Waals surface area contributed by atoms with Crippen LogP contribution in [0.5, 0.6) is 0 Å². The molecular weight excluding hydrogens is 385 g/mol. The second-order valence-electron chi connectivity index (χ2n) is 7.32. The van der Waals surface area contributed by atoms with Crippen molar-refractivity contribution in [2.75, 3.05) is 0 Å². The van der Waals surface area contributed by atoms with E-state index in [-0.39, 0.29) is 28.8 Å². The number of fused-ring (bicyclic) bond motifs is 2. The molecule has 1 atom stereocenters. The van der Waals surface area contributed by atoms with E-state index in [0.29, 0.717) is 5.76 Å². The molecule has 0 saturated carbocycles. The summed E-state index contributed by atoms with van der Waals surface area (Å²) in [6.07, 6.45) is 2.41. The quantitative estimate of drug-likeness (QED) is 0.489. The van der Waals surface area contributed by atoms with Gasteiger partial charge in [-0.2, -0.15) is 0 Å². The van der Waals surface area contributed by atoms with Crippen LogP contribution in [-0.4, -0.2) is 10.8 Å². The van der Waals surface area contributed by atoms with Crippen molar-refractivity contribution in [1.82, 2.24) is 4.90 Å². The minimum atomic E-state index is -0.646. The Balaban J connectivity index is 1.73. The van der Waals surface area contributed by atoms with E-state index in [9.17, 15) is 14.0 Å². The van der Waals surface area contributed by atoms with Crippen LogP contribution in [-0.2, 0) is 13.0 Å². The van der Waals surface area contributed by atoms with Crippen LogP contribution in [0.3, 0.4) is 0 Å². The van der Waals surface area contributed by atoms with Crippen molar-refractivity contribution in [2.24, 2.45) is 0 Å². The van der Waals surface area contributed by atoms with Gasteiger partial charge in [0.15, 0.2) is 5.43 Å². The molecule has 0 N–H and O–H groups in total. The third-order valence-electron chi connectivity index (χ3n) is 5.54. The molecule has 0 fully saturated rings. The maximum atomic E-state index is 13.8. The summed E-state index contributed by atoms with van der Waals surface area (Å²) >= 11 is 0. The molecule has 0 aliphatic carbocycles. The number of aryl methyl sites for hydroxylation is 1. The van der Waals surface area contributed by atoms with Gasteiger partial charge in [0.05, 0.1) is 29.8 Å². The molecule has 30 heavy (non-hydrogen) atoms. The topological polar surface area (TPSA) is 63.7 Å². The molecule has 0 saturated heterocycles. The molecule has 6 heteroatoms. The Morgan fingerprint density at radius 1 is 1.07 bits per heavy atom. The Kier molecular flexibility index (Phi) is 4.28. The minimum absolute atomic E-state index is 0.00441. The lowest BCUT2D eigenvalue weighted by atomic mass is 9.97. The zero-order valence-electron chi connectivity index (χ0n) is 16.2. The molecule has 4 aromatic rings. The van der Waals surface area contributed by atoms with Crippen molar-refractivity contribution in [3.05, 3.63) is 105 Å². The van der Waals surface area contributed by atoms with E-state index in [1.807, 2.05) is 24.3 Å². The number of carbonyl (C=O) groups excluding carboxylic acids is 1. The lowest BCUT2D eigenvalue weighted by Crippen LogP contribution is -2.29. The van der Waals surface area contributed by atoms with Gasteiger partial charge in [-0.1, -0.05) is 31.2 Å². The lowest BCUT2D eigenvalue weighted by molar-refractivity contribution is 0.0701. The number of carbonyl (C=O) groups is 1. The molecule has 3 heterocycles. The summed E-state index contributed by atoms with van der Waals surface area (Å²) in [5.41, 5.74) is 1.95. The van der Waals surface area contributed by atoms with Crippen LogP contribution < -0.4 is 5.43 Å². The number of halogens is 1. The first-order valence-corrected chi connectivity index (χ1v) is 9.75. The highest BCUT2D eigenvalue weighted by Gasteiger charge is 2.43. The van der Waals surface area contributed by atoms with Gasteiger partial charge in [0.25, 0.3) is 5.91 Å². The number of hydrogen-bond acceptors (Lipinski definition) is 4. The molecule has 1 unspecified atom stereocenters. The highest BCUT2D eigenvalue weighted by Crippen LogP contribution is 2.39. The highest BCUT2D eigenvalue weighted by atomic mass is 19.1. The molecular formula is C24H18FNO4. The lowest BCUT2D eigenvalue weighted by Gasteiger charge is -2.24. The van der Waals surface area contributed by atoms with Gasteiger partial charge in [0.2, 0.25) is 5.76 Å². The summed E-state index contributed by atoms with van der Waals surface area (Å²) in [6.45, 7) is 2.24. The van der Waals surface area contributed by atoms with E-state index in [1.165, 1.54) is 18.4 Å². The maximum Gasteiger partial charge on any atom is 0.291 e. The van der Waals surface area contributed by atoms with E-state index in [4.69, 9.17) is 8.83 Å². The predicted molar refractivity (Wildman–Crippen MR) is 109 cm³/mol. The van der Waals surface area contributed by atoms with Crippen molar-refractivity contribution in [3.63, 3.8) is 0 Å². The molecule has 2 aromatic heterocycles. The zero-order chi connectivity index (χ0) is 20.8. The van der Waals surface area contributed by atoms with E-state index >= 15 is 0 Å². The van der Waals surface area contributed by atoms with Gasteiger partial charge < -0.3 is 13.7 Å². The maximum absolute atomic E-state index is 13.8. The Hall–Kier alpha value is -3.67. The molecule has 1 aliphatic rings. The Morgan fingerprint density at radius 2 is 1.87 bits per heavy atom. The largest absolute Gasteiger partial charge is 0.467 e. The normalized spacial score (nSPS) is 15.7. The first-order chi connectivity index (χ1) is 14.6. The molecule has 2 aromatic carbocycles. The fraction of sp³-hybridized carbons (Fsp3) is 0.167. The van der Waals surface area contributed by atoms with Crippen LogP contribution in [0.4, 0.5) is 4.39 Å². The fourth-order valence-corrected chi connectivity index (χ4v) is 4.01. The second-order valence-corrected chi connectivity index (χ2v) is 7.32. The molecule has 0 bridgehead atoms. The third kappa shape index (κ3) is 2.84. The van der Waals surface area contributed by atoms with Crippen LogP contribution in [0.15, 0.2) is 74.5 Å². The Bertz CT molecular complexity index is 1310. The monoisotopic (exact) mass is 403 g/mol. The van der Waals surface area contributed by atoms with Crippen molar-refractivity contribution in [1.29, 1.82) is 0 Å². The van der Waals surface area contributed by atoms with Crippen LogP contribution >= 0.6 is 0 Å². The van der Waals surface area contributed by atoms with Gasteiger partial charge >= 0.3 is 0 Å². The summed E-state index contributed by atoms with van der Waals surface area (Å²) < 4.78 is 25.1. The van der Waals surface area contributed by atoms with Crippen molar-refractivity contribution in [2.45, 2.75) is 25.9 Å². The second kappa shape index (κ2) is 6.99. The van der Waals surface area contributed by atoms with Crippen LogP contribution in [0.2, 0.25) is 0 Å². The SMILES string of the molecule is CCc1ccc(C2c3c(oc4ccc(F)cc4c3=O)C(=O)N2Cc2ccco2)cc1. The molecule has 0 spiro atoms. The Morgan fingerprint density at radius 3 is 2.57 bits per heavy atom. The minimum Gasteiger partial charge on any atom is -0.467 e. The molecule has 150 valence electrons. The van der Waals surface area contributed by atoms with Crippen LogP contribution in [0.1, 0.15) is 46.0 Å². The summed E-state index contributed by atoms with van der Waals surface area (Å²) in [7, 11) is 0. The van der Waals surface area contributed by atoms with Gasteiger partial charge in [0.1, 0.15) is 17.2 Å². The van der Waals surface area contributed by atoms with Crippen LogP contribution in [0.25, 0.3) is 11.0 Å².